The van der Waals surface area contributed by atoms with Gasteiger partial charge in [0.25, 0.3) is 0 Å². The Morgan fingerprint density at radius 1 is 1.24 bits per heavy atom. The number of nitrogens with zero attached hydrogens (tertiary/aromatic N) is 2. The van der Waals surface area contributed by atoms with Gasteiger partial charge in [0.2, 0.25) is 21.6 Å². The number of hydrogen-bond acceptors (Lipinski definition) is 6. The van der Waals surface area contributed by atoms with Crippen LogP contribution in [0.5, 0.6) is 0 Å². The number of nitrogens with one attached hydrogen (secondary N) is 1. The molecule has 0 saturated carbocycles. The second kappa shape index (κ2) is 7.79. The third-order valence-corrected chi connectivity index (χ3v) is 4.32. The van der Waals surface area contributed by atoms with Crippen molar-refractivity contribution in [3.63, 3.8) is 0 Å². The lowest BCUT2D eigenvalue weighted by molar-refractivity contribution is -0.117. The first-order valence-electron chi connectivity index (χ1n) is 7.44. The van der Waals surface area contributed by atoms with Crippen LogP contribution in [0.15, 0.2) is 40.0 Å². The Balaban J connectivity index is 2.12. The average Bonchev–Trinajstić information content (AvgIpc) is 3.01. The van der Waals surface area contributed by atoms with Crippen LogP contribution in [-0.4, -0.2) is 30.8 Å². The maximum absolute atomic E-state index is 12.1. The van der Waals surface area contributed by atoms with Gasteiger partial charge >= 0.3 is 5.22 Å². The van der Waals surface area contributed by atoms with Gasteiger partial charge in [0.05, 0.1) is 0 Å². The van der Waals surface area contributed by atoms with Crippen LogP contribution in [0.1, 0.15) is 31.3 Å². The Labute approximate surface area is 151 Å². The van der Waals surface area contributed by atoms with Crippen molar-refractivity contribution in [2.45, 2.75) is 25.1 Å². The molecule has 134 valence electrons. The van der Waals surface area contributed by atoms with Gasteiger partial charge in [-0.15, -0.1) is 5.10 Å². The summed E-state index contributed by atoms with van der Waals surface area (Å²) in [5, 5.41) is 10.1. The quantitative estimate of drug-likeness (QED) is 0.769. The summed E-state index contributed by atoms with van der Waals surface area (Å²) in [7, 11) is -3.60. The molecule has 1 atom stereocenters. The van der Waals surface area contributed by atoms with E-state index in [0.29, 0.717) is 5.02 Å². The summed E-state index contributed by atoms with van der Waals surface area (Å²) >= 11 is 5.81. The highest BCUT2D eigenvalue weighted by atomic mass is 35.5. The summed E-state index contributed by atoms with van der Waals surface area (Å²) in [6.45, 7) is 3.69. The Hall–Kier alpha value is -2.19. The summed E-state index contributed by atoms with van der Waals surface area (Å²) in [6, 6.07) is 6.40. The van der Waals surface area contributed by atoms with E-state index in [2.05, 4.69) is 15.5 Å². The van der Waals surface area contributed by atoms with E-state index in [1.807, 2.05) is 13.8 Å². The number of carbonyl (C=O) groups is 1. The van der Waals surface area contributed by atoms with Gasteiger partial charge in [-0.2, -0.15) is 0 Å². The van der Waals surface area contributed by atoms with Crippen LogP contribution in [0.4, 0.5) is 0 Å². The summed E-state index contributed by atoms with van der Waals surface area (Å²) in [6.07, 6.45) is 3.98. The first-order valence-corrected chi connectivity index (χ1v) is 9.71. The van der Waals surface area contributed by atoms with E-state index in [4.69, 9.17) is 16.0 Å². The molecule has 9 heteroatoms. The molecule has 0 bridgehead atoms. The van der Waals surface area contributed by atoms with Crippen LogP contribution >= 0.6 is 11.6 Å². The van der Waals surface area contributed by atoms with Crippen molar-refractivity contribution < 1.29 is 17.6 Å². The summed E-state index contributed by atoms with van der Waals surface area (Å²) < 4.78 is 28.1. The fraction of sp³-hybridized carbons (Fsp3) is 0.312. The van der Waals surface area contributed by atoms with Crippen molar-refractivity contribution in [2.24, 2.45) is 5.92 Å². The Morgan fingerprint density at radius 3 is 2.40 bits per heavy atom. The van der Waals surface area contributed by atoms with Crippen molar-refractivity contribution in [3.05, 3.63) is 46.8 Å². The van der Waals surface area contributed by atoms with Gasteiger partial charge in [-0.05, 0) is 29.7 Å². The molecule has 1 heterocycles. The SMILES string of the molecule is CC(C)[C@H](NC(=O)/C=C/c1ccc(Cl)cc1)c1nnc(S(C)(=O)=O)o1. The van der Waals surface area contributed by atoms with Crippen LogP contribution in [0.3, 0.4) is 0 Å². The van der Waals surface area contributed by atoms with E-state index in [1.165, 1.54) is 6.08 Å². The highest BCUT2D eigenvalue weighted by Gasteiger charge is 2.26. The van der Waals surface area contributed by atoms with Crippen LogP contribution < -0.4 is 5.32 Å². The van der Waals surface area contributed by atoms with Crippen molar-refractivity contribution in [1.82, 2.24) is 15.5 Å². The van der Waals surface area contributed by atoms with Gasteiger partial charge in [-0.3, -0.25) is 4.79 Å². The van der Waals surface area contributed by atoms with Crippen LogP contribution in [0.25, 0.3) is 6.08 Å². The van der Waals surface area contributed by atoms with Crippen molar-refractivity contribution >= 4 is 33.4 Å². The van der Waals surface area contributed by atoms with Crippen LogP contribution in [0, 0.1) is 5.92 Å². The van der Waals surface area contributed by atoms with Gasteiger partial charge in [0.15, 0.2) is 0 Å². The molecule has 1 aromatic carbocycles. The predicted octanol–water partition coefficient (Wildman–Crippen LogP) is 2.65. The molecule has 1 amide bonds. The molecule has 0 aliphatic carbocycles. The lowest BCUT2D eigenvalue weighted by atomic mass is 10.0. The van der Waals surface area contributed by atoms with Gasteiger partial charge in [-0.1, -0.05) is 42.7 Å². The second-order valence-corrected chi connectivity index (χ2v) is 8.12. The smallest absolute Gasteiger partial charge is 0.335 e. The molecule has 1 aromatic heterocycles. The molecular formula is C16H18ClN3O4S. The maximum atomic E-state index is 12.1. The van der Waals surface area contributed by atoms with Gasteiger partial charge in [-0.25, -0.2) is 8.42 Å². The molecule has 1 N–H and O–H groups in total. The van der Waals surface area contributed by atoms with Crippen molar-refractivity contribution in [3.8, 4) is 0 Å². The molecule has 25 heavy (non-hydrogen) atoms. The molecule has 0 radical (unpaired) electrons. The Morgan fingerprint density at radius 2 is 1.88 bits per heavy atom. The Kier molecular flexibility index (Phi) is 5.97. The van der Waals surface area contributed by atoms with Gasteiger partial charge in [0.1, 0.15) is 6.04 Å². The van der Waals surface area contributed by atoms with Crippen molar-refractivity contribution in [2.75, 3.05) is 6.26 Å². The number of hydrogen-bond donors (Lipinski definition) is 1. The van der Waals surface area contributed by atoms with E-state index in [9.17, 15) is 13.2 Å². The number of carbonyl (C=O) groups excluding carboxylic acids is 1. The van der Waals surface area contributed by atoms with Crippen LogP contribution in [-0.2, 0) is 14.6 Å². The topological polar surface area (TPSA) is 102 Å². The fourth-order valence-corrected chi connectivity index (χ4v) is 2.51. The Bertz CT molecular complexity index is 873. The predicted molar refractivity (Wildman–Crippen MR) is 93.6 cm³/mol. The monoisotopic (exact) mass is 383 g/mol. The molecule has 0 aliphatic heterocycles. The summed E-state index contributed by atoms with van der Waals surface area (Å²) in [4.78, 5) is 12.1. The highest BCUT2D eigenvalue weighted by Crippen LogP contribution is 2.22. The molecule has 2 aromatic rings. The minimum absolute atomic E-state index is 0.0451. The van der Waals surface area contributed by atoms with E-state index in [1.54, 1.807) is 30.3 Å². The maximum Gasteiger partial charge on any atom is 0.335 e. The third kappa shape index (κ3) is 5.40. The number of sulfone groups is 1. The standard InChI is InChI=1S/C16H18ClN3O4S/c1-10(2)14(15-19-20-16(24-15)25(3,22)23)18-13(21)9-6-11-4-7-12(17)8-5-11/h4-10,14H,1-3H3,(H,18,21)/b9-6+/t14-/m0/s1. The van der Waals surface area contributed by atoms with E-state index in [0.717, 1.165) is 11.8 Å². The van der Waals surface area contributed by atoms with E-state index in [-0.39, 0.29) is 17.7 Å². The number of halogens is 1. The molecule has 0 fully saturated rings. The highest BCUT2D eigenvalue weighted by molar-refractivity contribution is 7.90. The molecule has 0 unspecified atom stereocenters. The lowest BCUT2D eigenvalue weighted by Gasteiger charge is -2.17. The number of rotatable bonds is 6. The number of benzene rings is 1. The second-order valence-electron chi connectivity index (χ2n) is 5.79. The minimum Gasteiger partial charge on any atom is -0.410 e. The molecule has 0 spiro atoms. The van der Waals surface area contributed by atoms with E-state index >= 15 is 0 Å². The fourth-order valence-electron chi connectivity index (χ4n) is 1.96. The minimum atomic E-state index is -3.60. The molecule has 7 nitrogen and oxygen atoms in total. The number of aromatic nitrogens is 2. The first-order chi connectivity index (χ1) is 11.7. The van der Waals surface area contributed by atoms with E-state index < -0.39 is 21.1 Å². The molecule has 2 rings (SSSR count). The zero-order chi connectivity index (χ0) is 18.6. The van der Waals surface area contributed by atoms with Gasteiger partial charge < -0.3 is 9.73 Å². The summed E-state index contributed by atoms with van der Waals surface area (Å²) in [5.74, 6) is -0.405. The zero-order valence-corrected chi connectivity index (χ0v) is 15.5. The normalized spacial score (nSPS) is 13.3. The number of amides is 1. The van der Waals surface area contributed by atoms with Crippen molar-refractivity contribution in [1.29, 1.82) is 0 Å². The molecule has 0 saturated heterocycles. The average molecular weight is 384 g/mol. The largest absolute Gasteiger partial charge is 0.410 e. The first kappa shape index (κ1) is 19.1. The molecular weight excluding hydrogens is 366 g/mol. The summed E-state index contributed by atoms with van der Waals surface area (Å²) in [5.41, 5.74) is 0.817. The molecule has 0 aliphatic rings. The van der Waals surface area contributed by atoms with Crippen LogP contribution in [0.2, 0.25) is 5.02 Å². The lowest BCUT2D eigenvalue weighted by Crippen LogP contribution is -2.30. The third-order valence-electron chi connectivity index (χ3n) is 3.27. The van der Waals surface area contributed by atoms with Gasteiger partial charge in [0, 0.05) is 17.4 Å². The zero-order valence-electron chi connectivity index (χ0n) is 13.9.